The third-order valence-corrected chi connectivity index (χ3v) is 4.54. The highest BCUT2D eigenvalue weighted by Gasteiger charge is 2.25. The first-order valence-corrected chi connectivity index (χ1v) is 8.15. The Labute approximate surface area is 141 Å². The maximum absolute atomic E-state index is 12.0. The van der Waals surface area contributed by atoms with Gasteiger partial charge in [0.05, 0.1) is 18.6 Å². The third kappa shape index (κ3) is 3.18. The summed E-state index contributed by atoms with van der Waals surface area (Å²) >= 11 is 0. The van der Waals surface area contributed by atoms with Crippen molar-refractivity contribution in [3.63, 3.8) is 0 Å². The van der Waals surface area contributed by atoms with E-state index in [2.05, 4.69) is 0 Å². The molecule has 0 fully saturated rings. The highest BCUT2D eigenvalue weighted by molar-refractivity contribution is 5.80. The van der Waals surface area contributed by atoms with Crippen LogP contribution in [0, 0.1) is 0 Å². The number of carbonyl (C=O) groups is 2. The smallest absolute Gasteiger partial charge is 0.306 e. The van der Waals surface area contributed by atoms with Crippen LogP contribution in [0.5, 0.6) is 5.75 Å². The molecule has 0 saturated carbocycles. The van der Waals surface area contributed by atoms with E-state index in [1.807, 2.05) is 24.3 Å². The lowest BCUT2D eigenvalue weighted by Gasteiger charge is -2.17. The zero-order chi connectivity index (χ0) is 17.1. The van der Waals surface area contributed by atoms with Crippen molar-refractivity contribution in [2.75, 3.05) is 6.61 Å². The molecule has 0 radical (unpaired) electrons. The van der Waals surface area contributed by atoms with E-state index < -0.39 is 0 Å². The molecule has 4 nitrogen and oxygen atoms in total. The van der Waals surface area contributed by atoms with Crippen molar-refractivity contribution in [3.05, 3.63) is 64.2 Å². The molecule has 1 atom stereocenters. The minimum absolute atomic E-state index is 0.00470. The van der Waals surface area contributed by atoms with Gasteiger partial charge < -0.3 is 9.84 Å². The number of phenols is 1. The molecule has 0 bridgehead atoms. The lowest BCUT2D eigenvalue weighted by molar-refractivity contribution is -0.143. The Morgan fingerprint density at radius 1 is 1.25 bits per heavy atom. The quantitative estimate of drug-likeness (QED) is 0.692. The standard InChI is InChI=1S/C20H20O4/c1-2-24-20(23)11-16-8-14-9-17(12-21)19(22)10-15(14)7-13-5-3-4-6-18(13)16/h3-6,9-10,12,16,22H,2,7-8,11H2,1H3/t16-/m0/s1. The maximum atomic E-state index is 12.0. The first-order chi connectivity index (χ1) is 11.6. The second-order valence-corrected chi connectivity index (χ2v) is 6.08. The van der Waals surface area contributed by atoms with Gasteiger partial charge in [0.1, 0.15) is 5.75 Å². The van der Waals surface area contributed by atoms with Crippen LogP contribution in [-0.2, 0) is 22.4 Å². The number of hydrogen-bond acceptors (Lipinski definition) is 4. The van der Waals surface area contributed by atoms with Crippen molar-refractivity contribution in [1.82, 2.24) is 0 Å². The first kappa shape index (κ1) is 16.2. The molecule has 0 heterocycles. The van der Waals surface area contributed by atoms with Gasteiger partial charge in [-0.1, -0.05) is 24.3 Å². The van der Waals surface area contributed by atoms with Gasteiger partial charge in [-0.25, -0.2) is 0 Å². The second kappa shape index (κ2) is 6.87. The normalized spacial score (nSPS) is 15.8. The molecule has 0 saturated heterocycles. The summed E-state index contributed by atoms with van der Waals surface area (Å²) < 4.78 is 5.12. The van der Waals surface area contributed by atoms with Gasteiger partial charge in [-0.15, -0.1) is 0 Å². The Hall–Kier alpha value is -2.62. The van der Waals surface area contributed by atoms with Gasteiger partial charge in [0.2, 0.25) is 0 Å². The molecule has 0 aromatic heterocycles. The van der Waals surface area contributed by atoms with E-state index in [0.717, 1.165) is 22.3 Å². The van der Waals surface area contributed by atoms with Crippen LogP contribution in [0.4, 0.5) is 0 Å². The van der Waals surface area contributed by atoms with Crippen molar-refractivity contribution < 1.29 is 19.4 Å². The van der Waals surface area contributed by atoms with Crippen LogP contribution >= 0.6 is 0 Å². The van der Waals surface area contributed by atoms with Crippen LogP contribution < -0.4 is 0 Å². The Balaban J connectivity index is 2.03. The van der Waals surface area contributed by atoms with Crippen LogP contribution in [0.15, 0.2) is 36.4 Å². The number of esters is 1. The molecule has 0 aliphatic heterocycles. The number of aromatic hydroxyl groups is 1. The Morgan fingerprint density at radius 3 is 2.79 bits per heavy atom. The van der Waals surface area contributed by atoms with Crippen LogP contribution in [0.25, 0.3) is 0 Å². The number of rotatable bonds is 4. The van der Waals surface area contributed by atoms with Crippen molar-refractivity contribution in [1.29, 1.82) is 0 Å². The minimum atomic E-state index is -0.213. The van der Waals surface area contributed by atoms with Crippen molar-refractivity contribution in [2.45, 2.75) is 32.1 Å². The zero-order valence-corrected chi connectivity index (χ0v) is 13.6. The average Bonchev–Trinajstić information content (AvgIpc) is 2.71. The van der Waals surface area contributed by atoms with E-state index in [1.165, 1.54) is 0 Å². The van der Waals surface area contributed by atoms with Crippen LogP contribution in [-0.4, -0.2) is 24.0 Å². The predicted molar refractivity (Wildman–Crippen MR) is 90.4 cm³/mol. The summed E-state index contributed by atoms with van der Waals surface area (Å²) in [6.07, 6.45) is 2.29. The molecule has 0 amide bonds. The number of aldehydes is 1. The number of carbonyl (C=O) groups excluding carboxylic acids is 2. The molecular formula is C20H20O4. The molecule has 124 valence electrons. The SMILES string of the molecule is CCOC(=O)C[C@@H]1Cc2cc(C=O)c(O)cc2Cc2ccccc21. The number of benzene rings is 2. The fourth-order valence-electron chi connectivity index (χ4n) is 3.42. The van der Waals surface area contributed by atoms with Crippen LogP contribution in [0.2, 0.25) is 0 Å². The molecular weight excluding hydrogens is 304 g/mol. The van der Waals surface area contributed by atoms with E-state index in [1.54, 1.807) is 19.1 Å². The Kier molecular flexibility index (Phi) is 4.65. The zero-order valence-electron chi connectivity index (χ0n) is 13.6. The number of phenolic OH excluding ortho intramolecular Hbond substituents is 1. The maximum Gasteiger partial charge on any atom is 0.306 e. The van der Waals surface area contributed by atoms with E-state index in [-0.39, 0.29) is 23.2 Å². The molecule has 0 spiro atoms. The van der Waals surface area contributed by atoms with Gasteiger partial charge in [0.15, 0.2) is 6.29 Å². The van der Waals surface area contributed by atoms with Crippen molar-refractivity contribution in [3.8, 4) is 5.75 Å². The lowest BCUT2D eigenvalue weighted by Crippen LogP contribution is -2.13. The van der Waals surface area contributed by atoms with Gasteiger partial charge in [-0.05, 0) is 60.1 Å². The van der Waals surface area contributed by atoms with Crippen LogP contribution in [0.3, 0.4) is 0 Å². The van der Waals surface area contributed by atoms with Crippen molar-refractivity contribution in [2.24, 2.45) is 0 Å². The molecule has 4 heteroatoms. The summed E-state index contributed by atoms with van der Waals surface area (Å²) in [5, 5.41) is 9.98. The number of hydrogen-bond donors (Lipinski definition) is 1. The molecule has 1 aliphatic rings. The summed E-state index contributed by atoms with van der Waals surface area (Å²) in [6.45, 7) is 2.17. The molecule has 3 rings (SSSR count). The topological polar surface area (TPSA) is 63.6 Å². The summed E-state index contributed by atoms with van der Waals surface area (Å²) in [5.74, 6) is -0.203. The van der Waals surface area contributed by atoms with E-state index in [0.29, 0.717) is 32.2 Å². The second-order valence-electron chi connectivity index (χ2n) is 6.08. The molecule has 0 unspecified atom stereocenters. The fourth-order valence-corrected chi connectivity index (χ4v) is 3.42. The summed E-state index contributed by atoms with van der Waals surface area (Å²) in [4.78, 5) is 23.1. The molecule has 2 aromatic carbocycles. The number of fused-ring (bicyclic) bond motifs is 2. The predicted octanol–water partition coefficient (Wildman–Crippen LogP) is 3.39. The molecule has 2 aromatic rings. The Bertz CT molecular complexity index is 779. The van der Waals surface area contributed by atoms with E-state index >= 15 is 0 Å². The largest absolute Gasteiger partial charge is 0.507 e. The third-order valence-electron chi connectivity index (χ3n) is 4.54. The van der Waals surface area contributed by atoms with E-state index in [9.17, 15) is 14.7 Å². The first-order valence-electron chi connectivity index (χ1n) is 8.15. The van der Waals surface area contributed by atoms with Gasteiger partial charge >= 0.3 is 5.97 Å². The average molecular weight is 324 g/mol. The van der Waals surface area contributed by atoms with Gasteiger partial charge in [0.25, 0.3) is 0 Å². The molecule has 24 heavy (non-hydrogen) atoms. The van der Waals surface area contributed by atoms with E-state index in [4.69, 9.17) is 4.74 Å². The summed E-state index contributed by atoms with van der Waals surface area (Å²) in [5.41, 5.74) is 4.56. The number of ether oxygens (including phenoxy) is 1. The van der Waals surface area contributed by atoms with Gasteiger partial charge in [0, 0.05) is 0 Å². The Morgan fingerprint density at radius 2 is 2.04 bits per heavy atom. The van der Waals surface area contributed by atoms with Gasteiger partial charge in [-0.3, -0.25) is 9.59 Å². The highest BCUT2D eigenvalue weighted by Crippen LogP contribution is 2.36. The monoisotopic (exact) mass is 324 g/mol. The fraction of sp³-hybridized carbons (Fsp3) is 0.300. The summed E-state index contributed by atoms with van der Waals surface area (Å²) in [7, 11) is 0. The van der Waals surface area contributed by atoms with Gasteiger partial charge in [-0.2, -0.15) is 0 Å². The van der Waals surface area contributed by atoms with Crippen molar-refractivity contribution >= 4 is 12.3 Å². The summed E-state index contributed by atoms with van der Waals surface area (Å²) in [6, 6.07) is 11.5. The highest BCUT2D eigenvalue weighted by atomic mass is 16.5. The van der Waals surface area contributed by atoms with Crippen LogP contribution in [0.1, 0.15) is 51.9 Å². The molecule has 1 aliphatic carbocycles. The minimum Gasteiger partial charge on any atom is -0.507 e. The lowest BCUT2D eigenvalue weighted by atomic mass is 9.88. The molecule has 1 N–H and O–H groups in total.